The molecule has 3 atom stereocenters. The van der Waals surface area contributed by atoms with Crippen molar-refractivity contribution in [1.82, 2.24) is 0 Å². The van der Waals surface area contributed by atoms with Gasteiger partial charge in [0.1, 0.15) is 5.75 Å². The van der Waals surface area contributed by atoms with Crippen molar-refractivity contribution in [2.75, 3.05) is 6.61 Å². The van der Waals surface area contributed by atoms with Gasteiger partial charge in [-0.25, -0.2) is 0 Å². The average molecular weight is 290 g/mol. The molecule has 4 heteroatoms. The first-order chi connectivity index (χ1) is 10.2. The van der Waals surface area contributed by atoms with Crippen molar-refractivity contribution >= 4 is 5.97 Å². The van der Waals surface area contributed by atoms with E-state index in [0.717, 1.165) is 55.6 Å². The summed E-state index contributed by atoms with van der Waals surface area (Å²) in [6.45, 7) is 0.749. The molecule has 21 heavy (non-hydrogen) atoms. The van der Waals surface area contributed by atoms with E-state index in [0.29, 0.717) is 6.42 Å². The van der Waals surface area contributed by atoms with Crippen molar-refractivity contribution in [3.8, 4) is 5.75 Å². The van der Waals surface area contributed by atoms with E-state index in [-0.39, 0.29) is 5.92 Å². The van der Waals surface area contributed by atoms with E-state index in [1.807, 2.05) is 18.2 Å². The van der Waals surface area contributed by atoms with Gasteiger partial charge in [-0.3, -0.25) is 4.79 Å². The molecule has 1 saturated carbocycles. The van der Waals surface area contributed by atoms with Crippen LogP contribution in [-0.4, -0.2) is 22.8 Å². The Bertz CT molecular complexity index is 526. The molecule has 3 rings (SSSR count). The number of aliphatic hydroxyl groups is 1. The highest BCUT2D eigenvalue weighted by Gasteiger charge is 2.36. The molecule has 2 N–H and O–H groups in total. The maximum absolute atomic E-state index is 11.4. The van der Waals surface area contributed by atoms with Gasteiger partial charge in [-0.15, -0.1) is 0 Å². The first kappa shape index (κ1) is 14.4. The van der Waals surface area contributed by atoms with E-state index in [9.17, 15) is 15.0 Å². The van der Waals surface area contributed by atoms with Crippen LogP contribution in [0, 0.1) is 11.8 Å². The molecule has 0 saturated heterocycles. The van der Waals surface area contributed by atoms with Crippen LogP contribution >= 0.6 is 0 Å². The topological polar surface area (TPSA) is 66.8 Å². The van der Waals surface area contributed by atoms with E-state index in [2.05, 4.69) is 0 Å². The first-order valence-corrected chi connectivity index (χ1v) is 7.83. The standard InChI is InChI=1S/C17H22O4/c18-16(13-5-1-2-6-14(13)17(19)20)12-7-8-15-11(10-12)4-3-9-21-15/h7-8,10,13-14,16,18H,1-6,9H2,(H,19,20). The second-order valence-electron chi connectivity index (χ2n) is 6.16. The Morgan fingerprint density at radius 1 is 1.24 bits per heavy atom. The predicted molar refractivity (Wildman–Crippen MR) is 78.3 cm³/mol. The van der Waals surface area contributed by atoms with E-state index >= 15 is 0 Å². The molecule has 0 radical (unpaired) electrons. The molecule has 1 aromatic carbocycles. The van der Waals surface area contributed by atoms with Crippen LogP contribution in [0.1, 0.15) is 49.3 Å². The summed E-state index contributed by atoms with van der Waals surface area (Å²) >= 11 is 0. The van der Waals surface area contributed by atoms with Crippen molar-refractivity contribution in [3.63, 3.8) is 0 Å². The van der Waals surface area contributed by atoms with Crippen LogP contribution in [0.25, 0.3) is 0 Å². The van der Waals surface area contributed by atoms with Gasteiger partial charge in [0.2, 0.25) is 0 Å². The molecule has 1 fully saturated rings. The minimum absolute atomic E-state index is 0.182. The van der Waals surface area contributed by atoms with Gasteiger partial charge >= 0.3 is 5.97 Å². The zero-order valence-corrected chi connectivity index (χ0v) is 12.1. The summed E-state index contributed by atoms with van der Waals surface area (Å²) in [4.78, 5) is 11.4. The number of hydrogen-bond acceptors (Lipinski definition) is 3. The molecule has 0 spiro atoms. The molecular formula is C17H22O4. The Labute approximate surface area is 124 Å². The van der Waals surface area contributed by atoms with Gasteiger partial charge < -0.3 is 14.9 Å². The third-order valence-corrected chi connectivity index (χ3v) is 4.82. The van der Waals surface area contributed by atoms with E-state index in [1.54, 1.807) is 0 Å². The lowest BCUT2D eigenvalue weighted by Crippen LogP contribution is -2.31. The smallest absolute Gasteiger partial charge is 0.306 e. The average Bonchev–Trinajstić information content (AvgIpc) is 2.53. The lowest BCUT2D eigenvalue weighted by Gasteiger charge is -2.32. The maximum atomic E-state index is 11.4. The summed E-state index contributed by atoms with van der Waals surface area (Å²) in [5, 5.41) is 20.0. The van der Waals surface area contributed by atoms with Crippen LogP contribution in [0.15, 0.2) is 18.2 Å². The predicted octanol–water partition coefficient (Wildman–Crippen LogP) is 2.94. The maximum Gasteiger partial charge on any atom is 0.306 e. The summed E-state index contributed by atoms with van der Waals surface area (Å²) < 4.78 is 5.59. The quantitative estimate of drug-likeness (QED) is 0.898. The number of rotatable bonds is 3. The number of carboxylic acid groups (broad SMARTS) is 1. The van der Waals surface area contributed by atoms with E-state index in [4.69, 9.17) is 4.74 Å². The van der Waals surface area contributed by atoms with Gasteiger partial charge in [0.05, 0.1) is 18.6 Å². The van der Waals surface area contributed by atoms with Gasteiger partial charge in [-0.1, -0.05) is 18.9 Å². The van der Waals surface area contributed by atoms with Gasteiger partial charge in [0.25, 0.3) is 0 Å². The summed E-state index contributed by atoms with van der Waals surface area (Å²) in [5.74, 6) is -0.490. The minimum Gasteiger partial charge on any atom is -0.493 e. The molecule has 1 aliphatic carbocycles. The van der Waals surface area contributed by atoms with Gasteiger partial charge in [0, 0.05) is 5.92 Å². The molecule has 2 aliphatic rings. The van der Waals surface area contributed by atoms with E-state index < -0.39 is 18.0 Å². The van der Waals surface area contributed by atoms with Crippen molar-refractivity contribution < 1.29 is 19.7 Å². The highest BCUT2D eigenvalue weighted by molar-refractivity contribution is 5.70. The lowest BCUT2D eigenvalue weighted by atomic mass is 9.74. The fourth-order valence-electron chi connectivity index (χ4n) is 3.66. The van der Waals surface area contributed by atoms with Crippen molar-refractivity contribution in [2.24, 2.45) is 11.8 Å². The Hall–Kier alpha value is -1.55. The zero-order valence-electron chi connectivity index (χ0n) is 12.1. The van der Waals surface area contributed by atoms with Crippen molar-refractivity contribution in [2.45, 2.75) is 44.6 Å². The van der Waals surface area contributed by atoms with Crippen LogP contribution in [0.3, 0.4) is 0 Å². The first-order valence-electron chi connectivity index (χ1n) is 7.83. The molecule has 0 amide bonds. The van der Waals surface area contributed by atoms with Crippen molar-refractivity contribution in [3.05, 3.63) is 29.3 Å². The molecule has 1 heterocycles. The van der Waals surface area contributed by atoms with E-state index in [1.165, 1.54) is 0 Å². The van der Waals surface area contributed by atoms with Crippen LogP contribution in [-0.2, 0) is 11.2 Å². The van der Waals surface area contributed by atoms with Gasteiger partial charge in [-0.2, -0.15) is 0 Å². The number of aliphatic hydroxyl groups excluding tert-OH is 1. The van der Waals surface area contributed by atoms with Crippen LogP contribution in [0.2, 0.25) is 0 Å². The second-order valence-corrected chi connectivity index (χ2v) is 6.16. The van der Waals surface area contributed by atoms with Crippen LogP contribution in [0.4, 0.5) is 0 Å². The molecule has 0 bridgehead atoms. The number of fused-ring (bicyclic) bond motifs is 1. The molecule has 3 unspecified atom stereocenters. The van der Waals surface area contributed by atoms with Crippen LogP contribution in [0.5, 0.6) is 5.75 Å². The number of aliphatic carboxylic acids is 1. The minimum atomic E-state index is -0.778. The SMILES string of the molecule is O=C(O)C1CCCCC1C(O)c1ccc2c(c1)CCCO2. The van der Waals surface area contributed by atoms with Crippen molar-refractivity contribution in [1.29, 1.82) is 0 Å². The number of carboxylic acids is 1. The number of carbonyl (C=O) groups is 1. The summed E-state index contributed by atoms with van der Waals surface area (Å²) in [5.41, 5.74) is 1.96. The third-order valence-electron chi connectivity index (χ3n) is 4.82. The van der Waals surface area contributed by atoms with Crippen LogP contribution < -0.4 is 4.74 Å². The third kappa shape index (κ3) is 2.91. The largest absolute Gasteiger partial charge is 0.493 e. The molecule has 114 valence electrons. The van der Waals surface area contributed by atoms with Gasteiger partial charge in [0.15, 0.2) is 0 Å². The fourth-order valence-corrected chi connectivity index (χ4v) is 3.66. The summed E-state index contributed by atoms with van der Waals surface area (Å²) in [6.07, 6.45) is 4.66. The molecule has 0 aromatic heterocycles. The molecule has 4 nitrogen and oxygen atoms in total. The molecular weight excluding hydrogens is 268 g/mol. The zero-order chi connectivity index (χ0) is 14.8. The monoisotopic (exact) mass is 290 g/mol. The number of hydrogen-bond donors (Lipinski definition) is 2. The fraction of sp³-hybridized carbons (Fsp3) is 0.588. The molecule has 1 aliphatic heterocycles. The Kier molecular flexibility index (Phi) is 4.15. The highest BCUT2D eigenvalue weighted by Crippen LogP contribution is 2.40. The Morgan fingerprint density at radius 3 is 2.86 bits per heavy atom. The number of benzene rings is 1. The normalized spacial score (nSPS) is 26.5. The van der Waals surface area contributed by atoms with Gasteiger partial charge in [-0.05, 0) is 48.9 Å². The summed E-state index contributed by atoms with van der Waals surface area (Å²) in [6, 6.07) is 5.78. The number of aryl methyl sites for hydroxylation is 1. The second kappa shape index (κ2) is 6.06. The molecule has 1 aromatic rings. The lowest BCUT2D eigenvalue weighted by molar-refractivity contribution is -0.147. The number of ether oxygens (including phenoxy) is 1. The Morgan fingerprint density at radius 2 is 2.05 bits per heavy atom. The highest BCUT2D eigenvalue weighted by atomic mass is 16.5. The summed E-state index contributed by atoms with van der Waals surface area (Å²) in [7, 11) is 0. The Balaban J connectivity index is 1.83.